The van der Waals surface area contributed by atoms with Crippen molar-refractivity contribution >= 4 is 11.6 Å². The molecule has 0 spiro atoms. The smallest absolute Gasteiger partial charge is 0.129 e. The molecule has 1 heterocycles. The second-order valence-electron chi connectivity index (χ2n) is 3.10. The van der Waals surface area contributed by atoms with Crippen molar-refractivity contribution in [3.05, 3.63) is 28.5 Å². The molecule has 0 saturated carbocycles. The summed E-state index contributed by atoms with van der Waals surface area (Å²) in [7, 11) is 0. The maximum atomic E-state index is 9.02. The van der Waals surface area contributed by atoms with E-state index in [1.54, 1.807) is 6.07 Å². The summed E-state index contributed by atoms with van der Waals surface area (Å²) in [4.78, 5) is 4.21. The molecule has 1 aromatic heterocycles. The van der Waals surface area contributed by atoms with Crippen LogP contribution in [0.5, 0.6) is 0 Å². The number of rotatable bonds is 1. The van der Waals surface area contributed by atoms with Crippen molar-refractivity contribution in [2.75, 3.05) is 6.61 Å². The highest BCUT2D eigenvalue weighted by Crippen LogP contribution is 2.31. The lowest BCUT2D eigenvalue weighted by atomic mass is 10.1. The van der Waals surface area contributed by atoms with E-state index in [4.69, 9.17) is 16.7 Å². The zero-order chi connectivity index (χ0) is 8.55. The second kappa shape index (κ2) is 3.04. The quantitative estimate of drug-likeness (QED) is 0.673. The molecule has 1 aromatic rings. The predicted octanol–water partition coefficient (Wildman–Crippen LogP) is 1.76. The first-order valence-electron chi connectivity index (χ1n) is 4.07. The van der Waals surface area contributed by atoms with Gasteiger partial charge in [-0.15, -0.1) is 0 Å². The molecule has 1 aliphatic rings. The van der Waals surface area contributed by atoms with Crippen molar-refractivity contribution in [3.8, 4) is 0 Å². The van der Waals surface area contributed by atoms with Gasteiger partial charge in [0.15, 0.2) is 0 Å². The van der Waals surface area contributed by atoms with E-state index in [-0.39, 0.29) is 12.5 Å². The third-order valence-corrected chi connectivity index (χ3v) is 2.56. The number of aromatic nitrogens is 1. The summed E-state index contributed by atoms with van der Waals surface area (Å²) in [5.74, 6) is 0.207. The van der Waals surface area contributed by atoms with Crippen LogP contribution < -0.4 is 0 Å². The second-order valence-corrected chi connectivity index (χ2v) is 3.48. The SMILES string of the molecule is OC[C@H]1CCc2ccc(Cl)nc21. The van der Waals surface area contributed by atoms with Gasteiger partial charge in [0.2, 0.25) is 0 Å². The summed E-state index contributed by atoms with van der Waals surface area (Å²) in [6, 6.07) is 3.81. The third-order valence-electron chi connectivity index (χ3n) is 2.35. The Bertz CT molecular complexity index is 301. The standard InChI is InChI=1S/C9H10ClNO/c10-8-4-3-6-1-2-7(5-12)9(6)11-8/h3-4,7,12H,1-2,5H2/t7-/m1/s1. The van der Waals surface area contributed by atoms with Crippen LogP contribution in [0.3, 0.4) is 0 Å². The van der Waals surface area contributed by atoms with Gasteiger partial charge in [-0.1, -0.05) is 17.7 Å². The van der Waals surface area contributed by atoms with Crippen LogP contribution in [0.1, 0.15) is 23.6 Å². The number of halogens is 1. The molecule has 1 N–H and O–H groups in total. The number of hydrogen-bond acceptors (Lipinski definition) is 2. The highest BCUT2D eigenvalue weighted by molar-refractivity contribution is 6.29. The van der Waals surface area contributed by atoms with Gasteiger partial charge in [0, 0.05) is 5.92 Å². The van der Waals surface area contributed by atoms with Crippen molar-refractivity contribution in [3.63, 3.8) is 0 Å². The first-order chi connectivity index (χ1) is 5.81. The van der Waals surface area contributed by atoms with Crippen LogP contribution in [-0.2, 0) is 6.42 Å². The van der Waals surface area contributed by atoms with Crippen LogP contribution in [-0.4, -0.2) is 16.7 Å². The summed E-state index contributed by atoms with van der Waals surface area (Å²) >= 11 is 5.75. The first kappa shape index (κ1) is 8.02. The Morgan fingerprint density at radius 1 is 1.58 bits per heavy atom. The molecule has 64 valence electrons. The van der Waals surface area contributed by atoms with Gasteiger partial charge in [0.1, 0.15) is 5.15 Å². The fourth-order valence-corrected chi connectivity index (χ4v) is 1.84. The molecule has 0 saturated heterocycles. The van der Waals surface area contributed by atoms with Crippen LogP contribution in [0.25, 0.3) is 0 Å². The summed E-state index contributed by atoms with van der Waals surface area (Å²) in [6.45, 7) is 0.181. The minimum absolute atomic E-state index is 0.181. The summed E-state index contributed by atoms with van der Waals surface area (Å²) in [5.41, 5.74) is 2.23. The third kappa shape index (κ3) is 1.21. The number of aliphatic hydroxyl groups is 1. The lowest BCUT2D eigenvalue weighted by Crippen LogP contribution is -2.01. The maximum absolute atomic E-state index is 9.02. The van der Waals surface area contributed by atoms with Crippen LogP contribution in [0, 0.1) is 0 Å². The molecule has 0 amide bonds. The Hall–Kier alpha value is -0.600. The van der Waals surface area contributed by atoms with Gasteiger partial charge >= 0.3 is 0 Å². The van der Waals surface area contributed by atoms with E-state index in [1.807, 2.05) is 6.07 Å². The van der Waals surface area contributed by atoms with Gasteiger partial charge in [0.25, 0.3) is 0 Å². The van der Waals surface area contributed by atoms with Gasteiger partial charge in [-0.25, -0.2) is 4.98 Å². The van der Waals surface area contributed by atoms with Crippen molar-refractivity contribution in [2.24, 2.45) is 0 Å². The van der Waals surface area contributed by atoms with Crippen molar-refractivity contribution in [1.29, 1.82) is 0 Å². The molecule has 0 aliphatic heterocycles. The van der Waals surface area contributed by atoms with E-state index in [9.17, 15) is 0 Å². The average Bonchev–Trinajstić information content (AvgIpc) is 2.46. The van der Waals surface area contributed by atoms with E-state index in [0.29, 0.717) is 5.15 Å². The Labute approximate surface area is 76.2 Å². The van der Waals surface area contributed by atoms with Crippen molar-refractivity contribution < 1.29 is 5.11 Å². The minimum Gasteiger partial charge on any atom is -0.396 e. The molecule has 2 rings (SSSR count). The number of pyridine rings is 1. The molecule has 2 nitrogen and oxygen atoms in total. The Morgan fingerprint density at radius 2 is 2.42 bits per heavy atom. The molecule has 0 aromatic carbocycles. The van der Waals surface area contributed by atoms with E-state index in [1.165, 1.54) is 5.56 Å². The largest absolute Gasteiger partial charge is 0.396 e. The molecule has 12 heavy (non-hydrogen) atoms. The van der Waals surface area contributed by atoms with Gasteiger partial charge in [-0.2, -0.15) is 0 Å². The number of nitrogens with zero attached hydrogens (tertiary/aromatic N) is 1. The van der Waals surface area contributed by atoms with Gasteiger partial charge in [0.05, 0.1) is 12.3 Å². The first-order valence-corrected chi connectivity index (χ1v) is 4.45. The van der Waals surface area contributed by atoms with E-state index in [0.717, 1.165) is 18.5 Å². The fraction of sp³-hybridized carbons (Fsp3) is 0.444. The monoisotopic (exact) mass is 183 g/mol. The topological polar surface area (TPSA) is 33.1 Å². The fourth-order valence-electron chi connectivity index (χ4n) is 1.69. The van der Waals surface area contributed by atoms with Crippen LogP contribution in [0.4, 0.5) is 0 Å². The van der Waals surface area contributed by atoms with Gasteiger partial charge in [-0.05, 0) is 24.5 Å². The normalized spacial score (nSPS) is 21.0. The number of aryl methyl sites for hydroxylation is 1. The van der Waals surface area contributed by atoms with E-state index >= 15 is 0 Å². The molecule has 0 fully saturated rings. The molecular formula is C9H10ClNO. The number of aliphatic hydroxyl groups excluding tert-OH is 1. The summed E-state index contributed by atoms with van der Waals surface area (Å²) < 4.78 is 0. The average molecular weight is 184 g/mol. The molecule has 1 atom stereocenters. The molecule has 0 bridgehead atoms. The maximum Gasteiger partial charge on any atom is 0.129 e. The highest BCUT2D eigenvalue weighted by Gasteiger charge is 2.23. The molecule has 0 radical (unpaired) electrons. The predicted molar refractivity (Wildman–Crippen MR) is 47.4 cm³/mol. The van der Waals surface area contributed by atoms with Crippen LogP contribution >= 0.6 is 11.6 Å². The zero-order valence-electron chi connectivity index (χ0n) is 6.63. The summed E-state index contributed by atoms with van der Waals surface area (Å²) in [5, 5.41) is 9.54. The minimum atomic E-state index is 0.181. The zero-order valence-corrected chi connectivity index (χ0v) is 7.38. The highest BCUT2D eigenvalue weighted by atomic mass is 35.5. The Morgan fingerprint density at radius 3 is 3.17 bits per heavy atom. The lowest BCUT2D eigenvalue weighted by molar-refractivity contribution is 0.263. The van der Waals surface area contributed by atoms with Crippen LogP contribution in [0.15, 0.2) is 12.1 Å². The molecule has 3 heteroatoms. The van der Waals surface area contributed by atoms with E-state index in [2.05, 4.69) is 4.98 Å². The van der Waals surface area contributed by atoms with Crippen molar-refractivity contribution in [2.45, 2.75) is 18.8 Å². The Kier molecular flexibility index (Phi) is 2.03. The van der Waals surface area contributed by atoms with E-state index < -0.39 is 0 Å². The molecular weight excluding hydrogens is 174 g/mol. The van der Waals surface area contributed by atoms with Gasteiger partial charge < -0.3 is 5.11 Å². The van der Waals surface area contributed by atoms with Crippen LogP contribution in [0.2, 0.25) is 5.15 Å². The van der Waals surface area contributed by atoms with Crippen molar-refractivity contribution in [1.82, 2.24) is 4.98 Å². The van der Waals surface area contributed by atoms with Gasteiger partial charge in [-0.3, -0.25) is 0 Å². The number of hydrogen-bond donors (Lipinski definition) is 1. The molecule has 1 aliphatic carbocycles. The lowest BCUT2D eigenvalue weighted by Gasteiger charge is -2.05. The Balaban J connectivity index is 2.42. The summed E-state index contributed by atoms with van der Waals surface area (Å²) in [6.07, 6.45) is 2.02. The number of fused-ring (bicyclic) bond motifs is 1. The molecule has 0 unspecified atom stereocenters.